The van der Waals surface area contributed by atoms with E-state index >= 15 is 0 Å². The van der Waals surface area contributed by atoms with Gasteiger partial charge in [-0.3, -0.25) is 18.7 Å². The molecular formula is C18H15N5O3S2. The van der Waals surface area contributed by atoms with Gasteiger partial charge in [-0.1, -0.05) is 23.5 Å². The molecule has 1 N–H and O–H groups in total. The highest BCUT2D eigenvalue weighted by atomic mass is 32.2. The molecule has 0 aliphatic carbocycles. The smallest absolute Gasteiger partial charge is 0.301 e. The molecule has 0 radical (unpaired) electrons. The molecule has 0 bridgehead atoms. The van der Waals surface area contributed by atoms with Crippen molar-refractivity contribution in [1.29, 1.82) is 0 Å². The van der Waals surface area contributed by atoms with E-state index in [1.807, 2.05) is 24.3 Å². The van der Waals surface area contributed by atoms with Crippen molar-refractivity contribution < 1.29 is 4.79 Å². The second-order valence-electron chi connectivity index (χ2n) is 6.04. The molecule has 3 aromatic heterocycles. The number of anilines is 1. The predicted molar refractivity (Wildman–Crippen MR) is 111 cm³/mol. The monoisotopic (exact) mass is 413 g/mol. The van der Waals surface area contributed by atoms with Crippen LogP contribution in [0.5, 0.6) is 0 Å². The minimum absolute atomic E-state index is 0.0982. The number of thiazole rings is 1. The topological polar surface area (TPSA) is 98.9 Å². The van der Waals surface area contributed by atoms with Crippen molar-refractivity contribution in [2.24, 2.45) is 14.1 Å². The van der Waals surface area contributed by atoms with Crippen LogP contribution in [0.15, 0.2) is 51.0 Å². The van der Waals surface area contributed by atoms with Gasteiger partial charge in [0, 0.05) is 25.2 Å². The number of carbonyl (C=O) groups is 1. The van der Waals surface area contributed by atoms with Crippen LogP contribution in [0.3, 0.4) is 0 Å². The molecule has 3 heterocycles. The molecule has 0 atom stereocenters. The average Bonchev–Trinajstić information content (AvgIpc) is 3.10. The van der Waals surface area contributed by atoms with Crippen LogP contribution in [0.1, 0.15) is 0 Å². The SMILES string of the molecule is Cn1c(=O)c2c(SCC(=O)Nc3nc4ccccc4s3)ccnc2n(C)c1=O. The van der Waals surface area contributed by atoms with Crippen LogP contribution < -0.4 is 16.6 Å². The quantitative estimate of drug-likeness (QED) is 0.514. The minimum Gasteiger partial charge on any atom is -0.301 e. The van der Waals surface area contributed by atoms with Gasteiger partial charge >= 0.3 is 5.69 Å². The number of para-hydroxylation sites is 1. The number of benzene rings is 1. The molecule has 1 aromatic carbocycles. The average molecular weight is 413 g/mol. The van der Waals surface area contributed by atoms with E-state index in [2.05, 4.69) is 15.3 Å². The fourth-order valence-corrected chi connectivity index (χ4v) is 4.52. The van der Waals surface area contributed by atoms with Gasteiger partial charge in [0.05, 0.1) is 21.4 Å². The van der Waals surface area contributed by atoms with E-state index in [1.54, 1.807) is 13.1 Å². The van der Waals surface area contributed by atoms with Gasteiger partial charge in [0.15, 0.2) is 5.13 Å². The number of hydrogen-bond acceptors (Lipinski definition) is 7. The number of pyridine rings is 1. The van der Waals surface area contributed by atoms with Crippen LogP contribution in [-0.2, 0) is 18.9 Å². The standard InChI is InChI=1S/C18H15N5O3S2/c1-22-15-14(16(25)23(2)18(22)26)12(7-8-19-15)27-9-13(24)21-17-20-10-5-3-4-6-11(10)28-17/h3-8H,9H2,1-2H3,(H,20,21,24). The maximum atomic E-state index is 12.5. The van der Waals surface area contributed by atoms with Gasteiger partial charge in [-0.15, -0.1) is 11.8 Å². The summed E-state index contributed by atoms with van der Waals surface area (Å²) < 4.78 is 3.35. The highest BCUT2D eigenvalue weighted by Crippen LogP contribution is 2.27. The predicted octanol–water partition coefficient (Wildman–Crippen LogP) is 1.97. The Labute approximate surface area is 166 Å². The third-order valence-corrected chi connectivity index (χ3v) is 6.21. The fourth-order valence-electron chi connectivity index (χ4n) is 2.80. The number of aromatic nitrogens is 4. The zero-order valence-corrected chi connectivity index (χ0v) is 16.6. The molecule has 142 valence electrons. The van der Waals surface area contributed by atoms with Gasteiger partial charge in [0.2, 0.25) is 5.91 Å². The Morgan fingerprint density at radius 3 is 2.75 bits per heavy atom. The summed E-state index contributed by atoms with van der Waals surface area (Å²) in [4.78, 5) is 46.1. The maximum absolute atomic E-state index is 12.5. The molecule has 4 aromatic rings. The van der Waals surface area contributed by atoms with Crippen LogP contribution >= 0.6 is 23.1 Å². The van der Waals surface area contributed by atoms with Gasteiger partial charge in [-0.05, 0) is 18.2 Å². The van der Waals surface area contributed by atoms with Gasteiger partial charge in [-0.25, -0.2) is 14.8 Å². The summed E-state index contributed by atoms with van der Waals surface area (Å²) in [5, 5.41) is 3.65. The zero-order chi connectivity index (χ0) is 19.8. The van der Waals surface area contributed by atoms with Crippen molar-refractivity contribution in [3.63, 3.8) is 0 Å². The second kappa shape index (κ2) is 7.21. The Bertz CT molecular complexity index is 1310. The van der Waals surface area contributed by atoms with Crippen molar-refractivity contribution in [2.75, 3.05) is 11.1 Å². The van der Waals surface area contributed by atoms with E-state index in [1.165, 1.54) is 40.9 Å². The molecule has 0 saturated heterocycles. The molecule has 0 saturated carbocycles. The summed E-state index contributed by atoms with van der Waals surface area (Å²) in [6.07, 6.45) is 1.52. The van der Waals surface area contributed by atoms with Crippen LogP contribution in [0.25, 0.3) is 21.3 Å². The van der Waals surface area contributed by atoms with Crippen molar-refractivity contribution >= 4 is 55.4 Å². The summed E-state index contributed by atoms with van der Waals surface area (Å²) in [5.41, 5.74) is 0.255. The number of carbonyl (C=O) groups excluding carboxylic acids is 1. The highest BCUT2D eigenvalue weighted by Gasteiger charge is 2.15. The van der Waals surface area contributed by atoms with E-state index in [0.29, 0.717) is 21.1 Å². The first-order valence-corrected chi connectivity index (χ1v) is 10.1. The van der Waals surface area contributed by atoms with Crippen molar-refractivity contribution in [3.8, 4) is 0 Å². The number of fused-ring (bicyclic) bond motifs is 2. The molecule has 28 heavy (non-hydrogen) atoms. The summed E-state index contributed by atoms with van der Waals surface area (Å²) in [6, 6.07) is 9.32. The van der Waals surface area contributed by atoms with Crippen LogP contribution in [0.4, 0.5) is 5.13 Å². The summed E-state index contributed by atoms with van der Waals surface area (Å²) in [7, 11) is 2.98. The second-order valence-corrected chi connectivity index (χ2v) is 8.08. The first-order chi connectivity index (χ1) is 13.5. The number of aryl methyl sites for hydroxylation is 1. The van der Waals surface area contributed by atoms with Gasteiger partial charge < -0.3 is 5.32 Å². The zero-order valence-electron chi connectivity index (χ0n) is 15.0. The first-order valence-electron chi connectivity index (χ1n) is 8.28. The molecule has 4 rings (SSSR count). The number of amides is 1. The lowest BCUT2D eigenvalue weighted by Gasteiger charge is -2.09. The Morgan fingerprint density at radius 1 is 1.18 bits per heavy atom. The van der Waals surface area contributed by atoms with E-state index in [9.17, 15) is 14.4 Å². The number of thioether (sulfide) groups is 1. The normalized spacial score (nSPS) is 11.2. The molecule has 0 aliphatic rings. The first kappa shape index (κ1) is 18.4. The summed E-state index contributed by atoms with van der Waals surface area (Å²) in [5.74, 6) is -0.128. The summed E-state index contributed by atoms with van der Waals surface area (Å²) in [6.45, 7) is 0. The third kappa shape index (κ3) is 3.20. The van der Waals surface area contributed by atoms with Crippen molar-refractivity contribution in [3.05, 3.63) is 57.4 Å². The Morgan fingerprint density at radius 2 is 1.96 bits per heavy atom. The lowest BCUT2D eigenvalue weighted by Crippen LogP contribution is -2.37. The molecule has 0 aliphatic heterocycles. The number of nitrogens with one attached hydrogen (secondary N) is 1. The van der Waals surface area contributed by atoms with E-state index in [-0.39, 0.29) is 11.7 Å². The van der Waals surface area contributed by atoms with Crippen molar-refractivity contribution in [1.82, 2.24) is 19.1 Å². The fraction of sp³-hybridized carbons (Fsp3) is 0.167. The Balaban J connectivity index is 1.58. The molecule has 1 amide bonds. The number of nitrogens with zero attached hydrogens (tertiary/aromatic N) is 4. The lowest BCUT2D eigenvalue weighted by atomic mass is 10.3. The van der Waals surface area contributed by atoms with E-state index in [0.717, 1.165) is 14.8 Å². The molecule has 0 unspecified atom stereocenters. The van der Waals surface area contributed by atoms with E-state index in [4.69, 9.17) is 0 Å². The van der Waals surface area contributed by atoms with Crippen LogP contribution in [0.2, 0.25) is 0 Å². The van der Waals surface area contributed by atoms with E-state index < -0.39 is 11.2 Å². The van der Waals surface area contributed by atoms with Gasteiger partial charge in [0.1, 0.15) is 5.65 Å². The molecule has 8 nitrogen and oxygen atoms in total. The largest absolute Gasteiger partial charge is 0.332 e. The highest BCUT2D eigenvalue weighted by molar-refractivity contribution is 8.00. The number of rotatable bonds is 4. The number of hydrogen-bond donors (Lipinski definition) is 1. The maximum Gasteiger partial charge on any atom is 0.332 e. The molecule has 10 heteroatoms. The minimum atomic E-state index is -0.444. The van der Waals surface area contributed by atoms with Crippen molar-refractivity contribution in [2.45, 2.75) is 4.90 Å². The van der Waals surface area contributed by atoms with Gasteiger partial charge in [-0.2, -0.15) is 0 Å². The van der Waals surface area contributed by atoms with Gasteiger partial charge in [0.25, 0.3) is 5.56 Å². The Kier molecular flexibility index (Phi) is 4.73. The molecule has 0 fully saturated rings. The van der Waals surface area contributed by atoms with Crippen LogP contribution in [-0.4, -0.2) is 30.8 Å². The molecule has 0 spiro atoms. The van der Waals surface area contributed by atoms with Crippen LogP contribution in [0, 0.1) is 0 Å². The third-order valence-electron chi connectivity index (χ3n) is 4.20. The summed E-state index contributed by atoms with van der Waals surface area (Å²) >= 11 is 2.62. The lowest BCUT2D eigenvalue weighted by molar-refractivity contribution is -0.113. The molecular weight excluding hydrogens is 398 g/mol. The Hall–Kier alpha value is -2.98.